The van der Waals surface area contributed by atoms with Crippen molar-refractivity contribution >= 4 is 33.1 Å². The van der Waals surface area contributed by atoms with E-state index in [-0.39, 0.29) is 22.2 Å². The second kappa shape index (κ2) is 9.87. The largest absolute Gasteiger partial charge is 0.497 e. The average molecular weight is 496 g/mol. The van der Waals surface area contributed by atoms with Crippen LogP contribution >= 0.6 is 0 Å². The highest BCUT2D eigenvalue weighted by Crippen LogP contribution is 2.30. The molecule has 1 fully saturated rings. The second-order valence-electron chi connectivity index (χ2n) is 8.65. The molecule has 1 heterocycles. The fraction of sp³-hybridized carbons (Fsp3) is 0.269. The van der Waals surface area contributed by atoms with Crippen LogP contribution in [0.3, 0.4) is 0 Å². The molecular formula is C26H29N3O5S. The van der Waals surface area contributed by atoms with Gasteiger partial charge in [-0.3, -0.25) is 4.72 Å². The number of carbonyl (C=O) groups is 1. The van der Waals surface area contributed by atoms with Crippen molar-refractivity contribution in [3.05, 3.63) is 77.9 Å². The van der Waals surface area contributed by atoms with Gasteiger partial charge in [0, 0.05) is 37.1 Å². The molecule has 0 bridgehead atoms. The molecule has 1 aliphatic heterocycles. The summed E-state index contributed by atoms with van der Waals surface area (Å²) in [7, 11) is -2.39. The van der Waals surface area contributed by atoms with Crippen molar-refractivity contribution in [1.29, 1.82) is 0 Å². The van der Waals surface area contributed by atoms with Crippen LogP contribution in [0.5, 0.6) is 5.75 Å². The molecule has 184 valence electrons. The monoisotopic (exact) mass is 495 g/mol. The summed E-state index contributed by atoms with van der Waals surface area (Å²) in [6, 6.07) is 19.1. The first-order chi connectivity index (χ1) is 16.7. The van der Waals surface area contributed by atoms with Crippen molar-refractivity contribution in [2.75, 3.05) is 41.3 Å². The summed E-state index contributed by atoms with van der Waals surface area (Å²) in [6.07, 6.45) is 0. The Balaban J connectivity index is 1.54. The lowest BCUT2D eigenvalue weighted by molar-refractivity contribution is 0.0697. The number of hydrogen-bond acceptors (Lipinski definition) is 6. The van der Waals surface area contributed by atoms with Gasteiger partial charge in [0.25, 0.3) is 10.0 Å². The van der Waals surface area contributed by atoms with Crippen LogP contribution in [0.4, 0.5) is 17.1 Å². The van der Waals surface area contributed by atoms with Crippen LogP contribution in [0.25, 0.3) is 0 Å². The maximum absolute atomic E-state index is 12.8. The standard InChI is InChI=1S/C26H29N3O5S/c1-18-5-4-6-21(15-18)29-14-13-28(17-19(29)2)25-12-7-20(16-24(25)26(30)31)27-35(32,33)23-10-8-22(34-3)9-11-23/h4-12,15-16,19,27H,13-14,17H2,1-3H3,(H,30,31)/t19-/m1/s1. The zero-order valence-corrected chi connectivity index (χ0v) is 20.7. The second-order valence-corrected chi connectivity index (χ2v) is 10.3. The number of methoxy groups -OCH3 is 1. The molecule has 0 saturated carbocycles. The molecule has 0 aromatic heterocycles. The number of piperazine rings is 1. The molecule has 1 saturated heterocycles. The highest BCUT2D eigenvalue weighted by atomic mass is 32.2. The predicted molar refractivity (Wildman–Crippen MR) is 137 cm³/mol. The van der Waals surface area contributed by atoms with Crippen LogP contribution in [0.1, 0.15) is 22.8 Å². The molecule has 8 nitrogen and oxygen atoms in total. The smallest absolute Gasteiger partial charge is 0.337 e. The third kappa shape index (κ3) is 5.35. The van der Waals surface area contributed by atoms with Crippen LogP contribution in [0.15, 0.2) is 71.6 Å². The maximum atomic E-state index is 12.8. The number of aromatic carboxylic acids is 1. The van der Waals surface area contributed by atoms with E-state index in [1.807, 2.05) is 11.0 Å². The van der Waals surface area contributed by atoms with E-state index in [4.69, 9.17) is 4.74 Å². The third-order valence-electron chi connectivity index (χ3n) is 6.15. The van der Waals surface area contributed by atoms with Gasteiger partial charge >= 0.3 is 5.97 Å². The number of nitrogens with zero attached hydrogens (tertiary/aromatic N) is 2. The molecule has 0 radical (unpaired) electrons. The first kappa shape index (κ1) is 24.4. The van der Waals surface area contributed by atoms with Crippen LogP contribution in [-0.4, -0.2) is 52.3 Å². The summed E-state index contributed by atoms with van der Waals surface area (Å²) < 4.78 is 33.1. The molecule has 0 unspecified atom stereocenters. The van der Waals surface area contributed by atoms with E-state index >= 15 is 0 Å². The molecule has 4 rings (SSSR count). The van der Waals surface area contributed by atoms with E-state index in [1.54, 1.807) is 24.3 Å². The number of aryl methyl sites for hydroxylation is 1. The first-order valence-corrected chi connectivity index (χ1v) is 12.8. The van der Waals surface area contributed by atoms with E-state index in [0.29, 0.717) is 24.5 Å². The van der Waals surface area contributed by atoms with Crippen LogP contribution in [0, 0.1) is 6.92 Å². The number of sulfonamides is 1. The molecule has 0 spiro atoms. The van der Waals surface area contributed by atoms with Crippen LogP contribution < -0.4 is 19.3 Å². The quantitative estimate of drug-likeness (QED) is 0.506. The summed E-state index contributed by atoms with van der Waals surface area (Å²) in [5.74, 6) is -0.572. The lowest BCUT2D eigenvalue weighted by atomic mass is 10.1. The summed E-state index contributed by atoms with van der Waals surface area (Å²) in [5, 5.41) is 9.89. The molecule has 1 atom stereocenters. The Morgan fingerprint density at radius 3 is 2.43 bits per heavy atom. The minimum absolute atomic E-state index is 0.0520. The number of hydrogen-bond donors (Lipinski definition) is 2. The number of nitrogens with one attached hydrogen (secondary N) is 1. The summed E-state index contributed by atoms with van der Waals surface area (Å²) in [6.45, 7) is 6.22. The fourth-order valence-electron chi connectivity index (χ4n) is 4.38. The number of rotatable bonds is 7. The van der Waals surface area contributed by atoms with E-state index in [9.17, 15) is 18.3 Å². The minimum atomic E-state index is -3.89. The van der Waals surface area contributed by atoms with Gasteiger partial charge in [-0.05, 0) is 74.0 Å². The minimum Gasteiger partial charge on any atom is -0.497 e. The van der Waals surface area contributed by atoms with Gasteiger partial charge in [-0.1, -0.05) is 12.1 Å². The molecule has 1 aliphatic rings. The summed E-state index contributed by atoms with van der Waals surface area (Å²) in [4.78, 5) is 16.5. The molecule has 0 amide bonds. The number of carboxylic acid groups (broad SMARTS) is 1. The van der Waals surface area contributed by atoms with Gasteiger partial charge in [-0.15, -0.1) is 0 Å². The maximum Gasteiger partial charge on any atom is 0.337 e. The lowest BCUT2D eigenvalue weighted by Gasteiger charge is -2.42. The Hall–Kier alpha value is -3.72. The molecular weight excluding hydrogens is 466 g/mol. The topological polar surface area (TPSA) is 99.2 Å². The van der Waals surface area contributed by atoms with Gasteiger partial charge in [0.15, 0.2) is 0 Å². The normalized spacial score (nSPS) is 16.1. The Kier molecular flexibility index (Phi) is 6.88. The Morgan fingerprint density at radius 2 is 1.80 bits per heavy atom. The van der Waals surface area contributed by atoms with Gasteiger partial charge < -0.3 is 19.6 Å². The average Bonchev–Trinajstić information content (AvgIpc) is 2.83. The van der Waals surface area contributed by atoms with Gasteiger partial charge in [0.2, 0.25) is 0 Å². The Bertz CT molecular complexity index is 1330. The number of carboxylic acids is 1. The van der Waals surface area contributed by atoms with Gasteiger partial charge in [-0.25, -0.2) is 13.2 Å². The number of benzene rings is 3. The van der Waals surface area contributed by atoms with Gasteiger partial charge in [0.1, 0.15) is 5.75 Å². The molecule has 3 aromatic rings. The fourth-order valence-corrected chi connectivity index (χ4v) is 5.43. The highest BCUT2D eigenvalue weighted by molar-refractivity contribution is 7.92. The van der Waals surface area contributed by atoms with Crippen molar-refractivity contribution in [3.63, 3.8) is 0 Å². The van der Waals surface area contributed by atoms with E-state index in [0.717, 1.165) is 12.2 Å². The number of ether oxygens (including phenoxy) is 1. The molecule has 9 heteroatoms. The number of anilines is 3. The van der Waals surface area contributed by atoms with E-state index < -0.39 is 16.0 Å². The van der Waals surface area contributed by atoms with Crippen LogP contribution in [-0.2, 0) is 10.0 Å². The van der Waals surface area contributed by atoms with Crippen molar-refractivity contribution in [2.24, 2.45) is 0 Å². The van der Waals surface area contributed by atoms with Crippen LogP contribution in [0.2, 0.25) is 0 Å². The van der Waals surface area contributed by atoms with Crippen molar-refractivity contribution in [1.82, 2.24) is 0 Å². The molecule has 0 aliphatic carbocycles. The van der Waals surface area contributed by atoms with E-state index in [2.05, 4.69) is 41.7 Å². The predicted octanol–water partition coefficient (Wildman–Crippen LogP) is 4.22. The highest BCUT2D eigenvalue weighted by Gasteiger charge is 2.27. The third-order valence-corrected chi connectivity index (χ3v) is 7.55. The Labute approximate surface area is 205 Å². The summed E-state index contributed by atoms with van der Waals surface area (Å²) >= 11 is 0. The Morgan fingerprint density at radius 1 is 1.06 bits per heavy atom. The molecule has 2 N–H and O–H groups in total. The molecule has 35 heavy (non-hydrogen) atoms. The lowest BCUT2D eigenvalue weighted by Crippen LogP contribution is -2.52. The zero-order valence-electron chi connectivity index (χ0n) is 19.9. The van der Waals surface area contributed by atoms with Crippen molar-refractivity contribution in [3.8, 4) is 5.75 Å². The first-order valence-electron chi connectivity index (χ1n) is 11.3. The molecule has 3 aromatic carbocycles. The zero-order chi connectivity index (χ0) is 25.2. The van der Waals surface area contributed by atoms with E-state index in [1.165, 1.54) is 30.9 Å². The summed E-state index contributed by atoms with van der Waals surface area (Å²) in [5.41, 5.74) is 3.15. The van der Waals surface area contributed by atoms with Gasteiger partial charge in [-0.2, -0.15) is 0 Å². The SMILES string of the molecule is COc1ccc(S(=O)(=O)Nc2ccc(N3CCN(c4cccc(C)c4)[C@H](C)C3)c(C(=O)O)c2)cc1. The van der Waals surface area contributed by atoms with Crippen molar-refractivity contribution in [2.45, 2.75) is 24.8 Å². The van der Waals surface area contributed by atoms with Crippen molar-refractivity contribution < 1.29 is 23.1 Å². The van der Waals surface area contributed by atoms with Gasteiger partial charge in [0.05, 0.1) is 23.3 Å².